The van der Waals surface area contributed by atoms with E-state index in [1.54, 1.807) is 38.9 Å². The summed E-state index contributed by atoms with van der Waals surface area (Å²) in [7, 11) is 0. The van der Waals surface area contributed by atoms with Crippen LogP contribution in [0.2, 0.25) is 0 Å². The molecule has 1 amide bonds. The molecule has 194 valence electrons. The third-order valence-electron chi connectivity index (χ3n) is 5.62. The number of nitrogens with zero attached hydrogens (tertiary/aromatic N) is 4. The van der Waals surface area contributed by atoms with Gasteiger partial charge in [0, 0.05) is 5.75 Å². The Morgan fingerprint density at radius 1 is 1.31 bits per heavy atom. The van der Waals surface area contributed by atoms with Crippen molar-refractivity contribution in [1.82, 2.24) is 24.8 Å². The average molecular weight is 511 g/mol. The van der Waals surface area contributed by atoms with Crippen LogP contribution in [-0.4, -0.2) is 84.6 Å². The van der Waals surface area contributed by atoms with Crippen molar-refractivity contribution in [3.63, 3.8) is 0 Å². The molecule has 4 heterocycles. The van der Waals surface area contributed by atoms with Gasteiger partial charge in [-0.3, -0.25) is 4.57 Å². The molecule has 0 aromatic carbocycles. The van der Waals surface area contributed by atoms with Crippen LogP contribution in [-0.2, 0) is 18.9 Å². The minimum atomic E-state index is -0.746. The predicted molar refractivity (Wildman–Crippen MR) is 130 cm³/mol. The Morgan fingerprint density at radius 2 is 2.06 bits per heavy atom. The Bertz CT molecular complexity index is 1040. The van der Waals surface area contributed by atoms with Crippen LogP contribution in [0.25, 0.3) is 11.2 Å². The number of aliphatic hydroxyl groups excluding tert-OH is 1. The SMILES string of the molecule is CC(C)(C)OC(=O)N[C@@H](CO)CCSC[C@H]1O[C@@H](n2cnc3c(N)ncnc32)[C@@H]2OC(C)(C)O[C@@H]21. The van der Waals surface area contributed by atoms with E-state index in [1.165, 1.54) is 6.33 Å². The number of nitrogens with one attached hydrogen (secondary N) is 1. The zero-order chi connectivity index (χ0) is 25.4. The lowest BCUT2D eigenvalue weighted by molar-refractivity contribution is -0.193. The van der Waals surface area contributed by atoms with Crippen LogP contribution in [0.5, 0.6) is 0 Å². The van der Waals surface area contributed by atoms with Crippen molar-refractivity contribution in [3.8, 4) is 0 Å². The number of amides is 1. The number of carbonyl (C=O) groups excluding carboxylic acids is 1. The van der Waals surface area contributed by atoms with Crippen LogP contribution in [0, 0.1) is 0 Å². The molecule has 13 heteroatoms. The van der Waals surface area contributed by atoms with E-state index in [-0.39, 0.29) is 24.9 Å². The molecule has 4 rings (SSSR count). The van der Waals surface area contributed by atoms with Crippen LogP contribution >= 0.6 is 11.8 Å². The van der Waals surface area contributed by atoms with Gasteiger partial charge in [0.15, 0.2) is 23.5 Å². The van der Waals surface area contributed by atoms with Gasteiger partial charge in [-0.05, 0) is 46.8 Å². The number of imidazole rings is 1. The normalized spacial score (nSPS) is 26.6. The summed E-state index contributed by atoms with van der Waals surface area (Å²) < 4.78 is 25.8. The lowest BCUT2D eigenvalue weighted by Gasteiger charge is -2.25. The Kier molecular flexibility index (Phi) is 7.44. The summed E-state index contributed by atoms with van der Waals surface area (Å²) >= 11 is 1.65. The maximum atomic E-state index is 12.0. The van der Waals surface area contributed by atoms with Gasteiger partial charge in [-0.2, -0.15) is 11.8 Å². The number of thioether (sulfide) groups is 1. The molecule has 35 heavy (non-hydrogen) atoms. The van der Waals surface area contributed by atoms with Gasteiger partial charge in [0.25, 0.3) is 0 Å². The molecule has 4 N–H and O–H groups in total. The standard InChI is InChI=1S/C22H34N6O6S/c1-21(2,3)34-20(30)27-12(8-29)6-7-35-9-13-15-16(33-22(4,5)32-15)19(31-13)28-11-26-14-17(23)24-10-25-18(14)28/h10-13,15-16,19,29H,6-9H2,1-5H3,(H,27,30)(H2,23,24,25)/t12-,13-,15-,16-,19-/m1/s1. The van der Waals surface area contributed by atoms with Gasteiger partial charge in [0.1, 0.15) is 29.7 Å². The monoisotopic (exact) mass is 510 g/mol. The van der Waals surface area contributed by atoms with Gasteiger partial charge in [-0.25, -0.2) is 19.7 Å². The Labute approximate surface area is 208 Å². The number of aliphatic hydroxyl groups is 1. The summed E-state index contributed by atoms with van der Waals surface area (Å²) in [6.07, 6.45) is 1.74. The molecule has 2 aromatic heterocycles. The van der Waals surface area contributed by atoms with Crippen LogP contribution in [0.1, 0.15) is 47.3 Å². The molecule has 2 saturated heterocycles. The van der Waals surface area contributed by atoms with Crippen LogP contribution < -0.4 is 11.1 Å². The second-order valence-corrected chi connectivity index (χ2v) is 11.3. The van der Waals surface area contributed by atoms with Gasteiger partial charge < -0.3 is 35.1 Å². The number of alkyl carbamates (subject to hydrolysis) is 1. The van der Waals surface area contributed by atoms with E-state index >= 15 is 0 Å². The molecule has 0 bridgehead atoms. The fourth-order valence-electron chi connectivity index (χ4n) is 4.18. The van der Waals surface area contributed by atoms with Gasteiger partial charge >= 0.3 is 6.09 Å². The summed E-state index contributed by atoms with van der Waals surface area (Å²) in [6, 6.07) is -0.394. The first kappa shape index (κ1) is 25.9. The van der Waals surface area contributed by atoms with E-state index in [2.05, 4.69) is 20.3 Å². The predicted octanol–water partition coefficient (Wildman–Crippen LogP) is 1.83. The number of rotatable bonds is 8. The fraction of sp³-hybridized carbons (Fsp3) is 0.727. The van der Waals surface area contributed by atoms with Crippen molar-refractivity contribution < 1.29 is 28.8 Å². The summed E-state index contributed by atoms with van der Waals surface area (Å²) in [4.78, 5) is 24.7. The highest BCUT2D eigenvalue weighted by Crippen LogP contribution is 2.44. The highest BCUT2D eigenvalue weighted by Gasteiger charge is 2.56. The van der Waals surface area contributed by atoms with Crippen molar-refractivity contribution in [3.05, 3.63) is 12.7 Å². The van der Waals surface area contributed by atoms with Gasteiger partial charge in [-0.1, -0.05) is 0 Å². The molecule has 0 saturated carbocycles. The number of fused-ring (bicyclic) bond motifs is 2. The topological polar surface area (TPSA) is 156 Å². The lowest BCUT2D eigenvalue weighted by atomic mass is 10.1. The first-order valence-corrected chi connectivity index (χ1v) is 12.7. The number of nitrogens with two attached hydrogens (primary N) is 1. The Balaban J connectivity index is 1.37. The van der Waals surface area contributed by atoms with Crippen molar-refractivity contribution in [2.75, 3.05) is 23.8 Å². The summed E-state index contributed by atoms with van der Waals surface area (Å²) in [5.41, 5.74) is 6.43. The van der Waals surface area contributed by atoms with Crippen molar-refractivity contribution in [2.24, 2.45) is 0 Å². The number of carbonyl (C=O) groups is 1. The molecule has 2 fully saturated rings. The number of hydrogen-bond acceptors (Lipinski definition) is 11. The second-order valence-electron chi connectivity index (χ2n) is 10.1. The van der Waals surface area contributed by atoms with Crippen molar-refractivity contribution in [2.45, 2.75) is 83.0 Å². The van der Waals surface area contributed by atoms with E-state index in [4.69, 9.17) is 24.7 Å². The van der Waals surface area contributed by atoms with Gasteiger partial charge in [0.05, 0.1) is 25.1 Å². The number of hydrogen-bond donors (Lipinski definition) is 3. The zero-order valence-electron chi connectivity index (χ0n) is 20.6. The lowest BCUT2D eigenvalue weighted by Crippen LogP contribution is -2.41. The third kappa shape index (κ3) is 5.97. The second kappa shape index (κ2) is 10.1. The molecule has 2 aliphatic rings. The van der Waals surface area contributed by atoms with Crippen LogP contribution in [0.4, 0.5) is 10.6 Å². The average Bonchev–Trinajstić information content (AvgIpc) is 3.40. The zero-order valence-corrected chi connectivity index (χ0v) is 21.4. The maximum Gasteiger partial charge on any atom is 0.407 e. The molecule has 2 aliphatic heterocycles. The summed E-state index contributed by atoms with van der Waals surface area (Å²) in [6.45, 7) is 8.98. The number of nitrogen functional groups attached to an aromatic ring is 1. The van der Waals surface area contributed by atoms with E-state index in [0.717, 1.165) is 0 Å². The molecule has 0 unspecified atom stereocenters. The molecule has 0 radical (unpaired) electrons. The third-order valence-corrected chi connectivity index (χ3v) is 6.71. The van der Waals surface area contributed by atoms with Crippen molar-refractivity contribution in [1.29, 1.82) is 0 Å². The first-order valence-electron chi connectivity index (χ1n) is 11.6. The number of aromatic nitrogens is 4. The Morgan fingerprint density at radius 3 is 2.77 bits per heavy atom. The summed E-state index contributed by atoms with van der Waals surface area (Å²) in [5.74, 6) is 0.901. The van der Waals surface area contributed by atoms with Crippen LogP contribution in [0.15, 0.2) is 12.7 Å². The molecule has 5 atom stereocenters. The molecular weight excluding hydrogens is 476 g/mol. The van der Waals surface area contributed by atoms with E-state index in [0.29, 0.717) is 34.9 Å². The van der Waals surface area contributed by atoms with Gasteiger partial charge in [-0.15, -0.1) is 0 Å². The van der Waals surface area contributed by atoms with E-state index < -0.39 is 29.8 Å². The minimum Gasteiger partial charge on any atom is -0.444 e. The van der Waals surface area contributed by atoms with Gasteiger partial charge in [0.2, 0.25) is 0 Å². The maximum absolute atomic E-state index is 12.0. The molecule has 0 aliphatic carbocycles. The summed E-state index contributed by atoms with van der Waals surface area (Å²) in [5, 5.41) is 12.4. The highest BCUT2D eigenvalue weighted by atomic mass is 32.2. The molecule has 2 aromatic rings. The van der Waals surface area contributed by atoms with E-state index in [9.17, 15) is 9.90 Å². The first-order chi connectivity index (χ1) is 16.5. The molecule has 12 nitrogen and oxygen atoms in total. The number of anilines is 1. The van der Waals surface area contributed by atoms with Crippen molar-refractivity contribution >= 4 is 34.8 Å². The largest absolute Gasteiger partial charge is 0.444 e. The molecular formula is C22H34N6O6S. The fourth-order valence-corrected chi connectivity index (χ4v) is 5.30. The Hall–Kier alpha value is -2.19. The molecule has 0 spiro atoms. The number of ether oxygens (including phenoxy) is 4. The van der Waals surface area contributed by atoms with E-state index in [1.807, 2.05) is 18.4 Å². The quantitative estimate of drug-likeness (QED) is 0.445. The smallest absolute Gasteiger partial charge is 0.407 e. The highest BCUT2D eigenvalue weighted by molar-refractivity contribution is 7.99. The minimum absolute atomic E-state index is 0.170. The van der Waals surface area contributed by atoms with Crippen LogP contribution in [0.3, 0.4) is 0 Å².